The maximum atomic E-state index is 5.93. The molecule has 1 aliphatic heterocycles. The van der Waals surface area contributed by atoms with Crippen LogP contribution >= 0.6 is 0 Å². The van der Waals surface area contributed by atoms with Crippen molar-refractivity contribution in [3.05, 3.63) is 23.9 Å². The van der Waals surface area contributed by atoms with E-state index in [0.29, 0.717) is 11.8 Å². The highest BCUT2D eigenvalue weighted by atomic mass is 16.5. The molecule has 3 rings (SSSR count). The van der Waals surface area contributed by atoms with Gasteiger partial charge in [-0.2, -0.15) is 0 Å². The topological polar surface area (TPSA) is 34.1 Å². The maximum absolute atomic E-state index is 5.93. The van der Waals surface area contributed by atoms with Gasteiger partial charge < -0.3 is 10.1 Å². The Balaban J connectivity index is 1.60. The minimum absolute atomic E-state index is 0.651. The lowest BCUT2D eigenvalue weighted by atomic mass is 10.0. The van der Waals surface area contributed by atoms with Crippen LogP contribution in [-0.4, -0.2) is 24.7 Å². The fraction of sp³-hybridized carbons (Fsp3) is 0.643. The SMILES string of the molecule is c1cnc(OCC2CCCNC2)c(C2CC2)c1. The summed E-state index contributed by atoms with van der Waals surface area (Å²) in [6.45, 7) is 3.06. The third-order valence-electron chi connectivity index (χ3n) is 3.67. The second-order valence-corrected chi connectivity index (χ2v) is 5.20. The molecule has 3 nitrogen and oxygen atoms in total. The van der Waals surface area contributed by atoms with Gasteiger partial charge in [0.05, 0.1) is 6.61 Å². The van der Waals surface area contributed by atoms with E-state index in [9.17, 15) is 0 Å². The number of hydrogen-bond donors (Lipinski definition) is 1. The maximum Gasteiger partial charge on any atom is 0.216 e. The Morgan fingerprint density at radius 2 is 2.29 bits per heavy atom. The normalized spacial score (nSPS) is 24.6. The fourth-order valence-corrected chi connectivity index (χ4v) is 2.49. The Morgan fingerprint density at radius 1 is 1.35 bits per heavy atom. The van der Waals surface area contributed by atoms with Crippen molar-refractivity contribution in [3.63, 3.8) is 0 Å². The second kappa shape index (κ2) is 5.05. The molecule has 92 valence electrons. The van der Waals surface area contributed by atoms with Crippen LogP contribution in [0.3, 0.4) is 0 Å². The van der Waals surface area contributed by atoms with Gasteiger partial charge in [-0.3, -0.25) is 0 Å². The van der Waals surface area contributed by atoms with Gasteiger partial charge >= 0.3 is 0 Å². The van der Waals surface area contributed by atoms with Crippen molar-refractivity contribution in [2.75, 3.05) is 19.7 Å². The summed E-state index contributed by atoms with van der Waals surface area (Å²) >= 11 is 0. The lowest BCUT2D eigenvalue weighted by Crippen LogP contribution is -2.33. The summed E-state index contributed by atoms with van der Waals surface area (Å²) in [5.41, 5.74) is 1.32. The summed E-state index contributed by atoms with van der Waals surface area (Å²) in [4.78, 5) is 4.38. The Labute approximate surface area is 103 Å². The van der Waals surface area contributed by atoms with Crippen LogP contribution in [-0.2, 0) is 0 Å². The van der Waals surface area contributed by atoms with E-state index in [1.807, 2.05) is 12.3 Å². The molecule has 1 N–H and O–H groups in total. The summed E-state index contributed by atoms with van der Waals surface area (Å²) in [6.07, 6.45) is 6.98. The van der Waals surface area contributed by atoms with E-state index in [4.69, 9.17) is 4.74 Å². The van der Waals surface area contributed by atoms with Crippen molar-refractivity contribution in [2.45, 2.75) is 31.6 Å². The van der Waals surface area contributed by atoms with E-state index in [1.165, 1.54) is 31.2 Å². The highest BCUT2D eigenvalue weighted by Crippen LogP contribution is 2.43. The van der Waals surface area contributed by atoms with Gasteiger partial charge in [-0.05, 0) is 44.2 Å². The van der Waals surface area contributed by atoms with Crippen molar-refractivity contribution in [1.82, 2.24) is 10.3 Å². The molecule has 0 spiro atoms. The third-order valence-corrected chi connectivity index (χ3v) is 3.67. The van der Waals surface area contributed by atoms with Gasteiger partial charge in [-0.1, -0.05) is 6.07 Å². The summed E-state index contributed by atoms with van der Waals surface area (Å²) < 4.78 is 5.93. The molecule has 1 saturated heterocycles. The van der Waals surface area contributed by atoms with E-state index < -0.39 is 0 Å². The standard InChI is InChI=1S/C14H20N2O/c1-3-11(9-15-7-1)10-17-14-13(12-5-6-12)4-2-8-16-14/h2,4,8,11-12,15H,1,3,5-7,9-10H2. The second-order valence-electron chi connectivity index (χ2n) is 5.20. The molecule has 1 aromatic rings. The molecule has 0 amide bonds. The minimum Gasteiger partial charge on any atom is -0.477 e. The van der Waals surface area contributed by atoms with E-state index >= 15 is 0 Å². The Kier molecular flexibility index (Phi) is 3.27. The van der Waals surface area contributed by atoms with Crippen LogP contribution in [0, 0.1) is 5.92 Å². The smallest absolute Gasteiger partial charge is 0.216 e. The molecule has 1 atom stereocenters. The molecule has 17 heavy (non-hydrogen) atoms. The molecule has 1 unspecified atom stereocenters. The van der Waals surface area contributed by atoms with Crippen LogP contribution in [0.5, 0.6) is 5.88 Å². The van der Waals surface area contributed by atoms with Crippen LogP contribution in [0.2, 0.25) is 0 Å². The largest absolute Gasteiger partial charge is 0.477 e. The Bertz CT molecular complexity index is 370. The van der Waals surface area contributed by atoms with Gasteiger partial charge in [0, 0.05) is 24.2 Å². The molecule has 1 aromatic heterocycles. The van der Waals surface area contributed by atoms with Gasteiger partial charge in [0.1, 0.15) is 0 Å². The number of piperidine rings is 1. The Morgan fingerprint density at radius 3 is 3.06 bits per heavy atom. The van der Waals surface area contributed by atoms with Gasteiger partial charge in [0.2, 0.25) is 5.88 Å². The lowest BCUT2D eigenvalue weighted by Gasteiger charge is -2.23. The summed E-state index contributed by atoms with van der Waals surface area (Å²) in [5, 5.41) is 3.42. The van der Waals surface area contributed by atoms with E-state index in [1.54, 1.807) is 0 Å². The van der Waals surface area contributed by atoms with E-state index in [2.05, 4.69) is 16.4 Å². The zero-order valence-electron chi connectivity index (χ0n) is 10.2. The monoisotopic (exact) mass is 232 g/mol. The number of rotatable bonds is 4. The van der Waals surface area contributed by atoms with Crippen molar-refractivity contribution in [1.29, 1.82) is 0 Å². The molecule has 2 fully saturated rings. The number of nitrogens with zero attached hydrogens (tertiary/aromatic N) is 1. The van der Waals surface area contributed by atoms with Crippen molar-refractivity contribution in [2.24, 2.45) is 5.92 Å². The zero-order chi connectivity index (χ0) is 11.5. The van der Waals surface area contributed by atoms with Crippen molar-refractivity contribution >= 4 is 0 Å². The first-order chi connectivity index (χ1) is 8.43. The number of nitrogens with one attached hydrogen (secondary N) is 1. The third kappa shape index (κ3) is 2.78. The highest BCUT2D eigenvalue weighted by Gasteiger charge is 2.27. The molecule has 3 heteroatoms. The number of pyridine rings is 1. The van der Waals surface area contributed by atoms with Gasteiger partial charge in [0.15, 0.2) is 0 Å². The van der Waals surface area contributed by atoms with E-state index in [0.717, 1.165) is 25.6 Å². The molecule has 2 heterocycles. The molecule has 0 radical (unpaired) electrons. The molecular weight excluding hydrogens is 212 g/mol. The van der Waals surface area contributed by atoms with Crippen LogP contribution in [0.1, 0.15) is 37.2 Å². The van der Waals surface area contributed by atoms with Crippen LogP contribution < -0.4 is 10.1 Å². The Hall–Kier alpha value is -1.09. The fourth-order valence-electron chi connectivity index (χ4n) is 2.49. The molecule has 0 aromatic carbocycles. The quantitative estimate of drug-likeness (QED) is 0.865. The summed E-state index contributed by atoms with van der Waals surface area (Å²) in [5.74, 6) is 2.24. The van der Waals surface area contributed by atoms with Crippen LogP contribution in [0.4, 0.5) is 0 Å². The number of ether oxygens (including phenoxy) is 1. The predicted molar refractivity (Wildman–Crippen MR) is 67.3 cm³/mol. The van der Waals surface area contributed by atoms with Crippen molar-refractivity contribution in [3.8, 4) is 5.88 Å². The number of hydrogen-bond acceptors (Lipinski definition) is 3. The highest BCUT2D eigenvalue weighted by molar-refractivity contribution is 5.32. The molecule has 1 saturated carbocycles. The van der Waals surface area contributed by atoms with E-state index in [-0.39, 0.29) is 0 Å². The zero-order valence-corrected chi connectivity index (χ0v) is 10.2. The predicted octanol–water partition coefficient (Wildman–Crippen LogP) is 2.34. The first-order valence-electron chi connectivity index (χ1n) is 6.72. The first kappa shape index (κ1) is 11.0. The van der Waals surface area contributed by atoms with Gasteiger partial charge in [-0.25, -0.2) is 4.98 Å². The van der Waals surface area contributed by atoms with Crippen molar-refractivity contribution < 1.29 is 4.74 Å². The minimum atomic E-state index is 0.651. The lowest BCUT2D eigenvalue weighted by molar-refractivity contribution is 0.210. The molecule has 1 aliphatic carbocycles. The average molecular weight is 232 g/mol. The molecule has 0 bridgehead atoms. The van der Waals surface area contributed by atoms with Crippen LogP contribution in [0.25, 0.3) is 0 Å². The van der Waals surface area contributed by atoms with Gasteiger partial charge in [-0.15, -0.1) is 0 Å². The van der Waals surface area contributed by atoms with Crippen LogP contribution in [0.15, 0.2) is 18.3 Å². The average Bonchev–Trinajstić information content (AvgIpc) is 3.22. The summed E-state index contributed by atoms with van der Waals surface area (Å²) in [6, 6.07) is 4.18. The number of aromatic nitrogens is 1. The molecular formula is C14H20N2O. The summed E-state index contributed by atoms with van der Waals surface area (Å²) in [7, 11) is 0. The molecule has 2 aliphatic rings. The first-order valence-corrected chi connectivity index (χ1v) is 6.72. The van der Waals surface area contributed by atoms with Gasteiger partial charge in [0.25, 0.3) is 0 Å².